The predicted molar refractivity (Wildman–Crippen MR) is 105 cm³/mol. The van der Waals surface area contributed by atoms with Gasteiger partial charge in [0.05, 0.1) is 5.52 Å². The molecule has 1 aromatic carbocycles. The fraction of sp³-hybridized carbons (Fsp3) is 0.421. The van der Waals surface area contributed by atoms with Crippen molar-refractivity contribution in [3.05, 3.63) is 35.9 Å². The molecule has 0 amide bonds. The minimum atomic E-state index is -1.82. The molecule has 0 aliphatic carbocycles. The quantitative estimate of drug-likeness (QED) is 0.623. The summed E-state index contributed by atoms with van der Waals surface area (Å²) in [7, 11) is 4.22. The first kappa shape index (κ1) is 21.9. The number of pyridine rings is 1. The van der Waals surface area contributed by atoms with Crippen molar-refractivity contribution in [2.45, 2.75) is 31.2 Å². The Bertz CT molecular complexity index is 758. The number of carbonyl (C=O) groups is 2. The van der Waals surface area contributed by atoms with Crippen LogP contribution < -0.4 is 0 Å². The van der Waals surface area contributed by atoms with E-state index in [1.54, 1.807) is 0 Å². The molecule has 0 unspecified atom stereocenters. The number of benzene rings is 1. The van der Waals surface area contributed by atoms with Gasteiger partial charge in [-0.25, -0.2) is 14.6 Å². The lowest BCUT2D eigenvalue weighted by Crippen LogP contribution is -2.16. The van der Waals surface area contributed by atoms with Crippen LogP contribution in [0.5, 0.6) is 0 Å². The Labute approximate surface area is 158 Å². The number of rotatable bonds is 4. The summed E-state index contributed by atoms with van der Waals surface area (Å²) in [5.74, 6) is -2.58. The van der Waals surface area contributed by atoms with E-state index in [0.29, 0.717) is 0 Å². The molecule has 2 N–H and O–H groups in total. The third-order valence-corrected chi connectivity index (χ3v) is 4.43. The molecule has 0 atom stereocenters. The summed E-state index contributed by atoms with van der Waals surface area (Å²) in [6.45, 7) is 7.85. The van der Waals surface area contributed by atoms with Crippen molar-refractivity contribution >= 4 is 34.6 Å². The van der Waals surface area contributed by atoms with Crippen molar-refractivity contribution in [1.82, 2.24) is 9.88 Å². The molecule has 1 aromatic heterocycles. The molecule has 6 nitrogen and oxygen atoms in total. The fourth-order valence-electron chi connectivity index (χ4n) is 2.07. The lowest BCUT2D eigenvalue weighted by Gasteiger charge is -2.23. The number of fused-ring (bicyclic) bond motifs is 1. The Morgan fingerprint density at radius 3 is 2.19 bits per heavy atom. The molecule has 2 aromatic rings. The first-order chi connectivity index (χ1) is 12.0. The maximum absolute atomic E-state index is 9.10. The van der Waals surface area contributed by atoms with Crippen LogP contribution in [0, 0.1) is 0 Å². The Hall–Kier alpha value is -2.12. The molecule has 0 aliphatic heterocycles. The van der Waals surface area contributed by atoms with Gasteiger partial charge in [-0.15, -0.1) is 11.8 Å². The minimum absolute atomic E-state index is 0.123. The second-order valence-electron chi connectivity index (χ2n) is 7.05. The molecule has 0 saturated heterocycles. The Morgan fingerprint density at radius 1 is 1.12 bits per heavy atom. The van der Waals surface area contributed by atoms with Crippen LogP contribution in [0.25, 0.3) is 10.9 Å². The summed E-state index contributed by atoms with van der Waals surface area (Å²) in [6.07, 6.45) is 0. The van der Waals surface area contributed by atoms with E-state index in [-0.39, 0.29) is 5.41 Å². The van der Waals surface area contributed by atoms with Crippen LogP contribution in [-0.2, 0) is 15.0 Å². The highest BCUT2D eigenvalue weighted by atomic mass is 32.2. The van der Waals surface area contributed by atoms with E-state index in [1.807, 2.05) is 11.8 Å². The molecule has 0 bridgehead atoms. The summed E-state index contributed by atoms with van der Waals surface area (Å²) in [6, 6.07) is 10.7. The molecular formula is C19H26N2O4S. The summed E-state index contributed by atoms with van der Waals surface area (Å²) >= 11 is 1.86. The van der Waals surface area contributed by atoms with E-state index in [2.05, 4.69) is 70.1 Å². The molecule has 7 heteroatoms. The molecule has 0 aliphatic rings. The van der Waals surface area contributed by atoms with Gasteiger partial charge in [-0.1, -0.05) is 39.0 Å². The summed E-state index contributed by atoms with van der Waals surface area (Å²) in [4.78, 5) is 25.3. The highest BCUT2D eigenvalue weighted by molar-refractivity contribution is 7.99. The van der Waals surface area contributed by atoms with Crippen LogP contribution in [0.2, 0.25) is 0 Å². The number of aliphatic carboxylic acids is 2. The van der Waals surface area contributed by atoms with Gasteiger partial charge >= 0.3 is 11.9 Å². The molecule has 2 rings (SSSR count). The monoisotopic (exact) mass is 378 g/mol. The van der Waals surface area contributed by atoms with E-state index < -0.39 is 11.9 Å². The molecule has 26 heavy (non-hydrogen) atoms. The van der Waals surface area contributed by atoms with E-state index in [1.165, 1.54) is 16.0 Å². The standard InChI is InChI=1S/C17H24N2S.C2H2O4/c1-17(2,3)14-12-13-8-6-7-9-15(13)18-16(14)20-11-10-19(4)5;3-1(4)2(5)6/h6-9,12H,10-11H2,1-5H3;(H,3,4)(H,5,6). The number of nitrogens with zero attached hydrogens (tertiary/aromatic N) is 2. The number of carboxylic acid groups (broad SMARTS) is 2. The molecule has 0 radical (unpaired) electrons. The van der Waals surface area contributed by atoms with Gasteiger partial charge in [0.15, 0.2) is 0 Å². The smallest absolute Gasteiger partial charge is 0.414 e. The lowest BCUT2D eigenvalue weighted by molar-refractivity contribution is -0.159. The van der Waals surface area contributed by atoms with Crippen molar-refractivity contribution in [1.29, 1.82) is 0 Å². The topological polar surface area (TPSA) is 90.7 Å². The van der Waals surface area contributed by atoms with E-state index >= 15 is 0 Å². The molecular weight excluding hydrogens is 352 g/mol. The largest absolute Gasteiger partial charge is 0.473 e. The average molecular weight is 378 g/mol. The van der Waals surface area contributed by atoms with Crippen molar-refractivity contribution in [2.24, 2.45) is 0 Å². The van der Waals surface area contributed by atoms with Gasteiger partial charge in [0.25, 0.3) is 0 Å². The van der Waals surface area contributed by atoms with Crippen LogP contribution in [0.1, 0.15) is 26.3 Å². The van der Waals surface area contributed by atoms with Crippen molar-refractivity contribution in [3.63, 3.8) is 0 Å². The molecule has 0 saturated carbocycles. The summed E-state index contributed by atoms with van der Waals surface area (Å²) < 4.78 is 0. The van der Waals surface area contributed by atoms with Gasteiger partial charge < -0.3 is 15.1 Å². The summed E-state index contributed by atoms with van der Waals surface area (Å²) in [5.41, 5.74) is 2.56. The van der Waals surface area contributed by atoms with Gasteiger partial charge in [-0.2, -0.15) is 0 Å². The minimum Gasteiger partial charge on any atom is -0.473 e. The normalized spacial score (nSPS) is 11.2. The molecule has 0 spiro atoms. The number of para-hydroxylation sites is 1. The van der Waals surface area contributed by atoms with Crippen LogP contribution in [0.15, 0.2) is 35.4 Å². The highest BCUT2D eigenvalue weighted by Gasteiger charge is 2.20. The molecule has 1 heterocycles. The second-order valence-corrected chi connectivity index (χ2v) is 8.13. The lowest BCUT2D eigenvalue weighted by atomic mass is 9.87. The highest BCUT2D eigenvalue weighted by Crippen LogP contribution is 2.33. The van der Waals surface area contributed by atoms with Gasteiger partial charge in [0.2, 0.25) is 0 Å². The third kappa shape index (κ3) is 7.01. The van der Waals surface area contributed by atoms with Crippen LogP contribution in [0.3, 0.4) is 0 Å². The van der Waals surface area contributed by atoms with E-state index in [9.17, 15) is 0 Å². The first-order valence-electron chi connectivity index (χ1n) is 8.16. The van der Waals surface area contributed by atoms with Crippen LogP contribution in [0.4, 0.5) is 0 Å². The Kier molecular flexibility index (Phi) is 8.05. The Balaban J connectivity index is 0.000000487. The third-order valence-electron chi connectivity index (χ3n) is 3.46. The van der Waals surface area contributed by atoms with Gasteiger partial charge in [0, 0.05) is 17.7 Å². The number of hydrogen-bond acceptors (Lipinski definition) is 5. The number of hydrogen-bond donors (Lipinski definition) is 2. The maximum Gasteiger partial charge on any atom is 0.414 e. The summed E-state index contributed by atoms with van der Waals surface area (Å²) in [5, 5.41) is 17.2. The molecule has 142 valence electrons. The zero-order chi connectivity index (χ0) is 19.9. The zero-order valence-electron chi connectivity index (χ0n) is 15.8. The van der Waals surface area contributed by atoms with Crippen LogP contribution in [-0.4, -0.2) is 58.4 Å². The Morgan fingerprint density at radius 2 is 1.69 bits per heavy atom. The van der Waals surface area contributed by atoms with Gasteiger partial charge in [-0.05, 0) is 37.2 Å². The molecule has 0 fully saturated rings. The van der Waals surface area contributed by atoms with Gasteiger partial charge in [0.1, 0.15) is 5.03 Å². The van der Waals surface area contributed by atoms with Crippen molar-refractivity contribution in [2.75, 3.05) is 26.4 Å². The predicted octanol–water partition coefficient (Wildman–Crippen LogP) is 3.34. The number of carboxylic acids is 2. The van der Waals surface area contributed by atoms with Gasteiger partial charge in [-0.3, -0.25) is 0 Å². The SMILES string of the molecule is CN(C)CCSc1nc2ccccc2cc1C(C)(C)C.O=C(O)C(=O)O. The van der Waals surface area contributed by atoms with Crippen molar-refractivity contribution < 1.29 is 19.8 Å². The first-order valence-corrected chi connectivity index (χ1v) is 9.15. The second kappa shape index (κ2) is 9.54. The van der Waals surface area contributed by atoms with Crippen LogP contribution >= 0.6 is 11.8 Å². The van der Waals surface area contributed by atoms with E-state index in [4.69, 9.17) is 24.8 Å². The number of thioether (sulfide) groups is 1. The average Bonchev–Trinajstić information content (AvgIpc) is 2.53. The number of aromatic nitrogens is 1. The zero-order valence-corrected chi connectivity index (χ0v) is 16.6. The van der Waals surface area contributed by atoms with Crippen molar-refractivity contribution in [3.8, 4) is 0 Å². The van der Waals surface area contributed by atoms with E-state index in [0.717, 1.165) is 17.8 Å². The maximum atomic E-state index is 9.10. The fourth-order valence-corrected chi connectivity index (χ4v) is 3.40.